The van der Waals surface area contributed by atoms with Gasteiger partial charge in [-0.3, -0.25) is 4.21 Å². The van der Waals surface area contributed by atoms with E-state index in [1.807, 2.05) is 0 Å². The monoisotopic (exact) mass is 324 g/mol. The van der Waals surface area contributed by atoms with Crippen molar-refractivity contribution in [2.45, 2.75) is 18.4 Å². The molecule has 7 heteroatoms. The van der Waals surface area contributed by atoms with Crippen LogP contribution in [0.4, 0.5) is 0 Å². The second-order valence-electron chi connectivity index (χ2n) is 4.59. The van der Waals surface area contributed by atoms with Gasteiger partial charge in [-0.05, 0) is 36.8 Å². The molecule has 5 nitrogen and oxygen atoms in total. The van der Waals surface area contributed by atoms with Crippen molar-refractivity contribution in [3.05, 3.63) is 41.1 Å². The molecular weight excluding hydrogens is 308 g/mol. The molecule has 1 aromatic rings. The molecule has 1 atom stereocenters. The standard InChI is InChI=1S/C14H16N2O3S2/c1-9-12(7-15-14(20)16-9)13(17)19-8-10-3-5-11(6-4-10)21(2)18/h3-6H,7-8H2,1-2H3,(H2,15,16,20). The van der Waals surface area contributed by atoms with Crippen LogP contribution in [-0.4, -0.2) is 28.1 Å². The van der Waals surface area contributed by atoms with Gasteiger partial charge in [0.2, 0.25) is 0 Å². The van der Waals surface area contributed by atoms with Crippen molar-refractivity contribution in [2.75, 3.05) is 12.8 Å². The van der Waals surface area contributed by atoms with E-state index < -0.39 is 10.8 Å². The lowest BCUT2D eigenvalue weighted by molar-refractivity contribution is -0.140. The van der Waals surface area contributed by atoms with Gasteiger partial charge in [-0.15, -0.1) is 0 Å². The zero-order valence-corrected chi connectivity index (χ0v) is 13.4. The van der Waals surface area contributed by atoms with Gasteiger partial charge in [0.05, 0.1) is 12.1 Å². The quantitative estimate of drug-likeness (QED) is 0.641. The molecule has 0 fully saturated rings. The van der Waals surface area contributed by atoms with Crippen molar-refractivity contribution in [1.29, 1.82) is 0 Å². The third kappa shape index (κ3) is 4.12. The first-order valence-electron chi connectivity index (χ1n) is 6.31. The lowest BCUT2D eigenvalue weighted by Gasteiger charge is -2.20. The van der Waals surface area contributed by atoms with Crippen LogP contribution >= 0.6 is 12.2 Å². The van der Waals surface area contributed by atoms with E-state index in [1.165, 1.54) is 0 Å². The fraction of sp³-hybridized carbons (Fsp3) is 0.286. The predicted octanol–water partition coefficient (Wildman–Crippen LogP) is 1.22. The minimum Gasteiger partial charge on any atom is -0.457 e. The molecule has 0 amide bonds. The topological polar surface area (TPSA) is 67.4 Å². The summed E-state index contributed by atoms with van der Waals surface area (Å²) in [4.78, 5) is 12.8. The van der Waals surface area contributed by atoms with E-state index in [0.717, 1.165) is 10.5 Å². The van der Waals surface area contributed by atoms with E-state index in [2.05, 4.69) is 10.6 Å². The molecule has 112 valence electrons. The van der Waals surface area contributed by atoms with E-state index in [0.29, 0.717) is 22.9 Å². The van der Waals surface area contributed by atoms with E-state index >= 15 is 0 Å². The molecule has 2 rings (SSSR count). The molecule has 21 heavy (non-hydrogen) atoms. The summed E-state index contributed by atoms with van der Waals surface area (Å²) in [6, 6.07) is 7.15. The van der Waals surface area contributed by atoms with E-state index in [9.17, 15) is 9.00 Å². The number of benzene rings is 1. The second kappa shape index (κ2) is 6.82. The largest absolute Gasteiger partial charge is 0.457 e. The first-order valence-corrected chi connectivity index (χ1v) is 8.28. The van der Waals surface area contributed by atoms with Crippen molar-refractivity contribution >= 4 is 34.1 Å². The van der Waals surface area contributed by atoms with Crippen LogP contribution in [0.3, 0.4) is 0 Å². The molecule has 1 heterocycles. The van der Waals surface area contributed by atoms with Crippen LogP contribution in [0.25, 0.3) is 0 Å². The Morgan fingerprint density at radius 2 is 2.05 bits per heavy atom. The van der Waals surface area contributed by atoms with Gasteiger partial charge in [0.1, 0.15) is 6.61 Å². The molecule has 0 saturated carbocycles. The van der Waals surface area contributed by atoms with Crippen LogP contribution in [0, 0.1) is 0 Å². The Morgan fingerprint density at radius 3 is 2.62 bits per heavy atom. The number of esters is 1. The highest BCUT2D eigenvalue weighted by Crippen LogP contribution is 2.11. The number of rotatable bonds is 4. The second-order valence-corrected chi connectivity index (χ2v) is 6.37. The minimum absolute atomic E-state index is 0.177. The van der Waals surface area contributed by atoms with Crippen LogP contribution < -0.4 is 10.6 Å². The van der Waals surface area contributed by atoms with Crippen molar-refractivity contribution in [2.24, 2.45) is 0 Å². The van der Waals surface area contributed by atoms with Gasteiger partial charge < -0.3 is 15.4 Å². The smallest absolute Gasteiger partial charge is 0.337 e. The Morgan fingerprint density at radius 1 is 1.38 bits per heavy atom. The van der Waals surface area contributed by atoms with Crippen LogP contribution in [0.5, 0.6) is 0 Å². The van der Waals surface area contributed by atoms with E-state index in [1.54, 1.807) is 37.4 Å². The van der Waals surface area contributed by atoms with Crippen LogP contribution in [0.1, 0.15) is 12.5 Å². The summed E-state index contributed by atoms with van der Waals surface area (Å²) in [5.74, 6) is -0.377. The maximum atomic E-state index is 12.0. The molecule has 2 N–H and O–H groups in total. The Bertz CT molecular complexity index is 624. The summed E-state index contributed by atoms with van der Waals surface area (Å²) in [5.41, 5.74) is 2.10. The third-order valence-electron chi connectivity index (χ3n) is 3.05. The summed E-state index contributed by atoms with van der Waals surface area (Å²) in [6.45, 7) is 2.33. The molecule has 0 aromatic heterocycles. The number of thiocarbonyl (C=S) groups is 1. The SMILES string of the molecule is CC1=C(C(=O)OCc2ccc(S(C)=O)cc2)CNC(=S)N1. The highest BCUT2D eigenvalue weighted by molar-refractivity contribution is 7.84. The fourth-order valence-corrected chi connectivity index (χ4v) is 2.57. The number of ether oxygens (including phenoxy) is 1. The van der Waals surface area contributed by atoms with Gasteiger partial charge in [0, 0.05) is 27.6 Å². The van der Waals surface area contributed by atoms with Crippen LogP contribution in [-0.2, 0) is 26.9 Å². The summed E-state index contributed by atoms with van der Waals surface area (Å²) in [5, 5.41) is 6.29. The van der Waals surface area contributed by atoms with Gasteiger partial charge in [0.15, 0.2) is 5.11 Å². The maximum absolute atomic E-state index is 12.0. The molecule has 0 spiro atoms. The van der Waals surface area contributed by atoms with E-state index in [4.69, 9.17) is 17.0 Å². The minimum atomic E-state index is -1.01. The molecule has 1 aliphatic heterocycles. The normalized spacial score (nSPS) is 16.0. The zero-order valence-electron chi connectivity index (χ0n) is 11.8. The maximum Gasteiger partial charge on any atom is 0.337 e. The Labute approximate surface area is 131 Å². The number of hydrogen-bond acceptors (Lipinski definition) is 4. The number of allylic oxidation sites excluding steroid dienone is 1. The van der Waals surface area contributed by atoms with Crippen molar-refractivity contribution in [3.8, 4) is 0 Å². The summed E-state index contributed by atoms with van der Waals surface area (Å²) in [6.07, 6.45) is 1.62. The van der Waals surface area contributed by atoms with Crippen molar-refractivity contribution in [3.63, 3.8) is 0 Å². The average molecular weight is 324 g/mol. The van der Waals surface area contributed by atoms with Gasteiger partial charge in [0.25, 0.3) is 0 Å². The summed E-state index contributed by atoms with van der Waals surface area (Å²) in [7, 11) is -1.01. The highest BCUT2D eigenvalue weighted by atomic mass is 32.2. The van der Waals surface area contributed by atoms with Crippen molar-refractivity contribution in [1.82, 2.24) is 10.6 Å². The Hall–Kier alpha value is -1.73. The predicted molar refractivity (Wildman–Crippen MR) is 85.0 cm³/mol. The molecular formula is C14H16N2O3S2. The van der Waals surface area contributed by atoms with Crippen LogP contribution in [0.2, 0.25) is 0 Å². The summed E-state index contributed by atoms with van der Waals surface area (Å²) < 4.78 is 16.6. The molecule has 0 radical (unpaired) electrons. The van der Waals surface area contributed by atoms with Gasteiger partial charge in [-0.25, -0.2) is 4.79 Å². The Kier molecular flexibility index (Phi) is 5.08. The highest BCUT2D eigenvalue weighted by Gasteiger charge is 2.19. The average Bonchev–Trinajstić information content (AvgIpc) is 2.45. The number of hydrogen-bond donors (Lipinski definition) is 2. The molecule has 0 aliphatic carbocycles. The molecule has 1 aromatic carbocycles. The molecule has 0 saturated heterocycles. The fourth-order valence-electron chi connectivity index (χ4n) is 1.83. The van der Waals surface area contributed by atoms with Crippen LogP contribution in [0.15, 0.2) is 40.4 Å². The van der Waals surface area contributed by atoms with E-state index in [-0.39, 0.29) is 12.6 Å². The van der Waals surface area contributed by atoms with Crippen molar-refractivity contribution < 1.29 is 13.7 Å². The molecule has 1 aliphatic rings. The van der Waals surface area contributed by atoms with Gasteiger partial charge in [-0.1, -0.05) is 12.1 Å². The zero-order chi connectivity index (χ0) is 15.4. The molecule has 1 unspecified atom stereocenters. The lowest BCUT2D eigenvalue weighted by atomic mass is 10.2. The summed E-state index contributed by atoms with van der Waals surface area (Å²) >= 11 is 4.96. The van der Waals surface area contributed by atoms with Gasteiger partial charge in [-0.2, -0.15) is 0 Å². The molecule has 0 bridgehead atoms. The van der Waals surface area contributed by atoms with Gasteiger partial charge >= 0.3 is 5.97 Å². The first kappa shape index (κ1) is 15.7. The Balaban J connectivity index is 1.96. The first-order chi connectivity index (χ1) is 9.97. The number of carbonyl (C=O) groups excluding carboxylic acids is 1. The number of nitrogens with one attached hydrogen (secondary N) is 2. The third-order valence-corrected chi connectivity index (χ3v) is 4.23. The number of carbonyl (C=O) groups is 1. The lowest BCUT2D eigenvalue weighted by Crippen LogP contribution is -2.42.